The lowest BCUT2D eigenvalue weighted by Crippen LogP contribution is -2.14. The van der Waals surface area contributed by atoms with Gasteiger partial charge in [0.25, 0.3) is 5.91 Å². The van der Waals surface area contributed by atoms with Crippen LogP contribution in [0.1, 0.15) is 30.3 Å². The highest BCUT2D eigenvalue weighted by molar-refractivity contribution is 6.30. The maximum atomic E-state index is 13.8. The number of hydrogen-bond acceptors (Lipinski definition) is 2. The summed E-state index contributed by atoms with van der Waals surface area (Å²) < 4.78 is 15.9. The van der Waals surface area contributed by atoms with Gasteiger partial charge in [0.2, 0.25) is 0 Å². The molecule has 0 radical (unpaired) electrons. The SMILES string of the molecule is CCCn1c(C)cc(/C=C(\C#N)C(=O)Nc2ccc(Cl)cc2F)c1C. The van der Waals surface area contributed by atoms with E-state index in [9.17, 15) is 14.4 Å². The molecule has 2 aromatic rings. The number of amides is 1. The van der Waals surface area contributed by atoms with Crippen molar-refractivity contribution in [1.82, 2.24) is 4.57 Å². The third-order valence-electron chi connectivity index (χ3n) is 3.90. The van der Waals surface area contributed by atoms with Crippen LogP contribution < -0.4 is 5.32 Å². The van der Waals surface area contributed by atoms with Crippen molar-refractivity contribution in [2.75, 3.05) is 5.32 Å². The van der Waals surface area contributed by atoms with Gasteiger partial charge in [-0.3, -0.25) is 4.79 Å². The van der Waals surface area contributed by atoms with Crippen molar-refractivity contribution in [3.05, 3.63) is 57.6 Å². The molecule has 130 valence electrons. The minimum absolute atomic E-state index is 0.0213. The van der Waals surface area contributed by atoms with E-state index in [1.54, 1.807) is 0 Å². The average Bonchev–Trinajstić information content (AvgIpc) is 2.83. The van der Waals surface area contributed by atoms with E-state index in [0.29, 0.717) is 0 Å². The van der Waals surface area contributed by atoms with Crippen molar-refractivity contribution in [2.24, 2.45) is 0 Å². The van der Waals surface area contributed by atoms with Gasteiger partial charge in [-0.2, -0.15) is 5.26 Å². The first-order chi connectivity index (χ1) is 11.9. The van der Waals surface area contributed by atoms with E-state index < -0.39 is 11.7 Å². The second-order valence-electron chi connectivity index (χ2n) is 5.73. The van der Waals surface area contributed by atoms with E-state index in [0.717, 1.165) is 36.0 Å². The summed E-state index contributed by atoms with van der Waals surface area (Å²) in [5.41, 5.74) is 2.73. The normalized spacial score (nSPS) is 11.3. The Kier molecular flexibility index (Phi) is 6.00. The molecule has 1 aromatic heterocycles. The first kappa shape index (κ1) is 18.8. The standard InChI is InChI=1S/C19H19ClFN3O/c1-4-7-24-12(2)8-14(13(24)3)9-15(11-22)19(25)23-18-6-5-16(20)10-17(18)21/h5-6,8-10H,4,7H2,1-3H3,(H,23,25)/b15-9+. The molecule has 0 saturated heterocycles. The number of carbonyl (C=O) groups is 1. The molecule has 1 N–H and O–H groups in total. The molecule has 0 saturated carbocycles. The first-order valence-electron chi connectivity index (χ1n) is 7.92. The monoisotopic (exact) mass is 359 g/mol. The van der Waals surface area contributed by atoms with Crippen LogP contribution in [0, 0.1) is 31.0 Å². The van der Waals surface area contributed by atoms with Crippen molar-refractivity contribution < 1.29 is 9.18 Å². The molecule has 0 aliphatic carbocycles. The molecule has 6 heteroatoms. The third kappa shape index (κ3) is 4.28. The molecule has 0 aliphatic heterocycles. The quantitative estimate of drug-likeness (QED) is 0.612. The fourth-order valence-electron chi connectivity index (χ4n) is 2.63. The van der Waals surface area contributed by atoms with Crippen LogP contribution in [-0.4, -0.2) is 10.5 Å². The van der Waals surface area contributed by atoms with Crippen molar-refractivity contribution >= 4 is 29.3 Å². The van der Waals surface area contributed by atoms with Crippen LogP contribution in [0.2, 0.25) is 5.02 Å². The highest BCUT2D eigenvalue weighted by atomic mass is 35.5. The van der Waals surface area contributed by atoms with Gasteiger partial charge >= 0.3 is 0 Å². The topological polar surface area (TPSA) is 57.8 Å². The van der Waals surface area contributed by atoms with E-state index in [1.807, 2.05) is 26.0 Å². The van der Waals surface area contributed by atoms with Gasteiger partial charge in [-0.15, -0.1) is 0 Å². The van der Waals surface area contributed by atoms with Crippen molar-refractivity contribution in [3.63, 3.8) is 0 Å². The van der Waals surface area contributed by atoms with E-state index in [1.165, 1.54) is 18.2 Å². The largest absolute Gasteiger partial charge is 0.349 e. The number of rotatable bonds is 5. The second-order valence-corrected chi connectivity index (χ2v) is 6.16. The van der Waals surface area contributed by atoms with Gasteiger partial charge < -0.3 is 9.88 Å². The van der Waals surface area contributed by atoms with Crippen LogP contribution in [0.5, 0.6) is 0 Å². The molecule has 0 atom stereocenters. The van der Waals surface area contributed by atoms with Crippen LogP contribution in [0.25, 0.3) is 6.08 Å². The summed E-state index contributed by atoms with van der Waals surface area (Å²) in [6.45, 7) is 6.88. The number of aryl methyl sites for hydroxylation is 1. The van der Waals surface area contributed by atoms with Crippen LogP contribution in [-0.2, 0) is 11.3 Å². The molecule has 1 aromatic carbocycles. The van der Waals surface area contributed by atoms with Gasteiger partial charge in [-0.1, -0.05) is 18.5 Å². The highest BCUT2D eigenvalue weighted by Crippen LogP contribution is 2.21. The Morgan fingerprint density at radius 3 is 2.72 bits per heavy atom. The minimum atomic E-state index is -0.663. The predicted molar refractivity (Wildman–Crippen MR) is 97.8 cm³/mol. The summed E-state index contributed by atoms with van der Waals surface area (Å²) in [6, 6.07) is 7.74. The van der Waals surface area contributed by atoms with Gasteiger partial charge in [-0.25, -0.2) is 4.39 Å². The van der Waals surface area contributed by atoms with E-state index in [2.05, 4.69) is 16.8 Å². The fraction of sp³-hybridized carbons (Fsp3) is 0.263. The summed E-state index contributed by atoms with van der Waals surface area (Å²) in [5, 5.41) is 12.0. The number of nitriles is 1. The van der Waals surface area contributed by atoms with Crippen LogP contribution in [0.15, 0.2) is 29.8 Å². The molecule has 0 aliphatic rings. The van der Waals surface area contributed by atoms with E-state index >= 15 is 0 Å². The lowest BCUT2D eigenvalue weighted by atomic mass is 10.1. The molecule has 0 bridgehead atoms. The molecule has 2 rings (SSSR count). The Bertz CT molecular complexity index is 878. The number of carbonyl (C=O) groups excluding carboxylic acids is 1. The first-order valence-corrected chi connectivity index (χ1v) is 8.30. The maximum absolute atomic E-state index is 13.8. The van der Waals surface area contributed by atoms with Crippen molar-refractivity contribution in [1.29, 1.82) is 5.26 Å². The van der Waals surface area contributed by atoms with Crippen LogP contribution in [0.4, 0.5) is 10.1 Å². The van der Waals surface area contributed by atoms with Crippen molar-refractivity contribution in [3.8, 4) is 6.07 Å². The molecular weight excluding hydrogens is 341 g/mol. The minimum Gasteiger partial charge on any atom is -0.349 e. The molecule has 4 nitrogen and oxygen atoms in total. The Balaban J connectivity index is 2.30. The summed E-state index contributed by atoms with van der Waals surface area (Å²) in [7, 11) is 0. The Labute approximate surface area is 151 Å². The number of benzene rings is 1. The zero-order chi connectivity index (χ0) is 18.6. The maximum Gasteiger partial charge on any atom is 0.266 e. The lowest BCUT2D eigenvalue weighted by molar-refractivity contribution is -0.112. The molecule has 0 spiro atoms. The number of halogens is 2. The fourth-order valence-corrected chi connectivity index (χ4v) is 2.78. The number of nitrogens with zero attached hydrogens (tertiary/aromatic N) is 2. The number of hydrogen-bond donors (Lipinski definition) is 1. The Hall–Kier alpha value is -2.58. The molecular formula is C19H19ClFN3O. The second kappa shape index (κ2) is 8.00. The summed E-state index contributed by atoms with van der Waals surface area (Å²) in [5.74, 6) is -1.32. The summed E-state index contributed by atoms with van der Waals surface area (Å²) in [4.78, 5) is 12.3. The van der Waals surface area contributed by atoms with Gasteiger partial charge in [0.05, 0.1) is 5.69 Å². The predicted octanol–water partition coefficient (Wildman–Crippen LogP) is 4.85. The van der Waals surface area contributed by atoms with Gasteiger partial charge in [-0.05, 0) is 56.2 Å². The van der Waals surface area contributed by atoms with E-state index in [4.69, 9.17) is 11.6 Å². The van der Waals surface area contributed by atoms with Gasteiger partial charge in [0, 0.05) is 23.0 Å². The van der Waals surface area contributed by atoms with Crippen molar-refractivity contribution in [2.45, 2.75) is 33.7 Å². The average molecular weight is 360 g/mol. The van der Waals surface area contributed by atoms with Crippen LogP contribution >= 0.6 is 11.6 Å². The Morgan fingerprint density at radius 2 is 2.12 bits per heavy atom. The molecule has 25 heavy (non-hydrogen) atoms. The number of nitrogens with one attached hydrogen (secondary N) is 1. The Morgan fingerprint density at radius 1 is 1.40 bits per heavy atom. The third-order valence-corrected chi connectivity index (χ3v) is 4.14. The molecule has 1 heterocycles. The summed E-state index contributed by atoms with van der Waals surface area (Å²) >= 11 is 5.69. The highest BCUT2D eigenvalue weighted by Gasteiger charge is 2.14. The lowest BCUT2D eigenvalue weighted by Gasteiger charge is -2.07. The number of aromatic nitrogens is 1. The zero-order valence-corrected chi connectivity index (χ0v) is 15.1. The van der Waals surface area contributed by atoms with Gasteiger partial charge in [0.1, 0.15) is 17.5 Å². The molecule has 1 amide bonds. The van der Waals surface area contributed by atoms with Crippen LogP contribution in [0.3, 0.4) is 0 Å². The smallest absolute Gasteiger partial charge is 0.266 e. The van der Waals surface area contributed by atoms with Gasteiger partial charge in [0.15, 0.2) is 0 Å². The van der Waals surface area contributed by atoms with E-state index in [-0.39, 0.29) is 16.3 Å². The molecule has 0 unspecified atom stereocenters. The summed E-state index contributed by atoms with van der Waals surface area (Å²) in [6.07, 6.45) is 2.51. The molecule has 0 fully saturated rings. The number of anilines is 1. The zero-order valence-electron chi connectivity index (χ0n) is 14.4.